The van der Waals surface area contributed by atoms with E-state index in [0.717, 1.165) is 0 Å². The molecule has 1 aliphatic rings. The molecule has 1 amide bonds. The zero-order valence-electron chi connectivity index (χ0n) is 8.87. The second-order valence-electron chi connectivity index (χ2n) is 3.61. The van der Waals surface area contributed by atoms with E-state index in [1.165, 1.54) is 18.7 Å². The van der Waals surface area contributed by atoms with Gasteiger partial charge in [-0.15, -0.1) is 0 Å². The molecule has 1 fully saturated rings. The Morgan fingerprint density at radius 2 is 2.31 bits per heavy atom. The Balaban J connectivity index is 2.05. The zero-order valence-corrected chi connectivity index (χ0v) is 8.87. The van der Waals surface area contributed by atoms with E-state index in [-0.39, 0.29) is 12.0 Å². The molecule has 16 heavy (non-hydrogen) atoms. The van der Waals surface area contributed by atoms with E-state index in [2.05, 4.69) is 9.97 Å². The fraction of sp³-hybridized carbons (Fsp3) is 0.500. The molecule has 1 aliphatic heterocycles. The molecular formula is C10H14N4O2. The first kappa shape index (κ1) is 11.0. The Morgan fingerprint density at radius 3 is 3.00 bits per heavy atom. The van der Waals surface area contributed by atoms with Crippen LogP contribution in [0.5, 0.6) is 0 Å². The van der Waals surface area contributed by atoms with Crippen molar-refractivity contribution >= 4 is 5.91 Å². The smallest absolute Gasteiger partial charge is 0.257 e. The molecule has 2 rings (SSSR count). The van der Waals surface area contributed by atoms with Crippen LogP contribution in [0.2, 0.25) is 0 Å². The molecule has 6 nitrogen and oxygen atoms in total. The Hall–Kier alpha value is -1.53. The summed E-state index contributed by atoms with van der Waals surface area (Å²) in [6.07, 6.45) is 4.37. The van der Waals surface area contributed by atoms with Crippen LogP contribution >= 0.6 is 0 Å². The van der Waals surface area contributed by atoms with Gasteiger partial charge in [0.15, 0.2) is 0 Å². The normalized spacial score (nSPS) is 20.8. The molecule has 2 heterocycles. The number of aromatic nitrogens is 2. The number of rotatable bonds is 2. The minimum Gasteiger partial charge on any atom is -0.373 e. The Morgan fingerprint density at radius 1 is 1.56 bits per heavy atom. The van der Waals surface area contributed by atoms with Gasteiger partial charge in [-0.05, 0) is 0 Å². The molecule has 0 radical (unpaired) electrons. The van der Waals surface area contributed by atoms with Crippen molar-refractivity contribution in [3.05, 3.63) is 24.3 Å². The van der Waals surface area contributed by atoms with Crippen molar-refractivity contribution in [1.82, 2.24) is 14.9 Å². The van der Waals surface area contributed by atoms with Gasteiger partial charge < -0.3 is 15.4 Å². The third-order valence-electron chi connectivity index (χ3n) is 2.50. The number of hydrogen-bond donors (Lipinski definition) is 1. The molecule has 1 aromatic heterocycles. The fourth-order valence-electron chi connectivity index (χ4n) is 1.64. The molecule has 0 bridgehead atoms. The maximum atomic E-state index is 12.0. The van der Waals surface area contributed by atoms with E-state index in [0.29, 0.717) is 31.8 Å². The van der Waals surface area contributed by atoms with Crippen molar-refractivity contribution in [3.8, 4) is 0 Å². The highest BCUT2D eigenvalue weighted by molar-refractivity contribution is 5.93. The average Bonchev–Trinajstić information content (AvgIpc) is 2.39. The third-order valence-corrected chi connectivity index (χ3v) is 2.50. The van der Waals surface area contributed by atoms with Gasteiger partial charge in [0.05, 0.1) is 18.3 Å². The average molecular weight is 222 g/mol. The van der Waals surface area contributed by atoms with Gasteiger partial charge in [0.2, 0.25) is 0 Å². The summed E-state index contributed by atoms with van der Waals surface area (Å²) in [5, 5.41) is 0. The van der Waals surface area contributed by atoms with E-state index >= 15 is 0 Å². The van der Waals surface area contributed by atoms with Gasteiger partial charge in [0.1, 0.15) is 6.33 Å². The standard InChI is InChI=1S/C10H14N4O2/c11-3-9-6-14(1-2-16-9)10(15)8-4-12-7-13-5-8/h4-5,7,9H,1-3,6,11H2. The van der Waals surface area contributed by atoms with Gasteiger partial charge in [-0.25, -0.2) is 9.97 Å². The van der Waals surface area contributed by atoms with Crippen molar-refractivity contribution in [3.63, 3.8) is 0 Å². The van der Waals surface area contributed by atoms with Gasteiger partial charge in [-0.2, -0.15) is 0 Å². The van der Waals surface area contributed by atoms with E-state index in [1.54, 1.807) is 4.90 Å². The lowest BCUT2D eigenvalue weighted by Crippen LogP contribution is -2.48. The zero-order chi connectivity index (χ0) is 11.4. The molecule has 0 spiro atoms. The van der Waals surface area contributed by atoms with Crippen molar-refractivity contribution in [2.45, 2.75) is 6.10 Å². The van der Waals surface area contributed by atoms with Crippen LogP contribution in [-0.2, 0) is 4.74 Å². The first-order chi connectivity index (χ1) is 7.81. The number of hydrogen-bond acceptors (Lipinski definition) is 5. The van der Waals surface area contributed by atoms with Crippen LogP contribution in [0.25, 0.3) is 0 Å². The van der Waals surface area contributed by atoms with Crippen LogP contribution in [0.15, 0.2) is 18.7 Å². The lowest BCUT2D eigenvalue weighted by atomic mass is 10.2. The molecule has 0 saturated carbocycles. The Kier molecular flexibility index (Phi) is 3.43. The predicted molar refractivity (Wildman–Crippen MR) is 56.7 cm³/mol. The van der Waals surface area contributed by atoms with Crippen molar-refractivity contribution in [2.75, 3.05) is 26.2 Å². The first-order valence-electron chi connectivity index (χ1n) is 5.17. The summed E-state index contributed by atoms with van der Waals surface area (Å²) < 4.78 is 5.39. The summed E-state index contributed by atoms with van der Waals surface area (Å²) in [5.74, 6) is -0.0673. The van der Waals surface area contributed by atoms with Gasteiger partial charge in [-0.3, -0.25) is 4.79 Å². The minimum absolute atomic E-state index is 0.0673. The lowest BCUT2D eigenvalue weighted by Gasteiger charge is -2.32. The lowest BCUT2D eigenvalue weighted by molar-refractivity contribution is -0.0167. The molecule has 6 heteroatoms. The number of ether oxygens (including phenoxy) is 1. The van der Waals surface area contributed by atoms with E-state index < -0.39 is 0 Å². The molecule has 1 unspecified atom stereocenters. The number of nitrogens with zero attached hydrogens (tertiary/aromatic N) is 3. The summed E-state index contributed by atoms with van der Waals surface area (Å²) in [6, 6.07) is 0. The van der Waals surface area contributed by atoms with E-state index in [9.17, 15) is 4.79 Å². The Bertz CT molecular complexity index is 357. The first-order valence-corrected chi connectivity index (χ1v) is 5.17. The van der Waals surface area contributed by atoms with Crippen LogP contribution in [0.3, 0.4) is 0 Å². The van der Waals surface area contributed by atoms with Crippen molar-refractivity contribution < 1.29 is 9.53 Å². The van der Waals surface area contributed by atoms with Crippen LogP contribution in [0.1, 0.15) is 10.4 Å². The summed E-state index contributed by atoms with van der Waals surface area (Å²) >= 11 is 0. The number of morpholine rings is 1. The van der Waals surface area contributed by atoms with Crippen LogP contribution in [0, 0.1) is 0 Å². The van der Waals surface area contributed by atoms with E-state index in [4.69, 9.17) is 10.5 Å². The summed E-state index contributed by atoms with van der Waals surface area (Å²) in [4.78, 5) is 21.4. The van der Waals surface area contributed by atoms with Crippen molar-refractivity contribution in [1.29, 1.82) is 0 Å². The van der Waals surface area contributed by atoms with Gasteiger partial charge >= 0.3 is 0 Å². The molecule has 2 N–H and O–H groups in total. The highest BCUT2D eigenvalue weighted by Gasteiger charge is 2.24. The van der Waals surface area contributed by atoms with Crippen LogP contribution < -0.4 is 5.73 Å². The largest absolute Gasteiger partial charge is 0.373 e. The molecule has 1 saturated heterocycles. The second kappa shape index (κ2) is 5.00. The summed E-state index contributed by atoms with van der Waals surface area (Å²) in [7, 11) is 0. The van der Waals surface area contributed by atoms with Crippen LogP contribution in [-0.4, -0.2) is 53.1 Å². The van der Waals surface area contributed by atoms with Crippen LogP contribution in [0.4, 0.5) is 0 Å². The highest BCUT2D eigenvalue weighted by atomic mass is 16.5. The molecular weight excluding hydrogens is 208 g/mol. The highest BCUT2D eigenvalue weighted by Crippen LogP contribution is 2.08. The number of amides is 1. The molecule has 1 atom stereocenters. The topological polar surface area (TPSA) is 81.3 Å². The predicted octanol–water partition coefficient (Wildman–Crippen LogP) is -0.724. The summed E-state index contributed by atoms with van der Waals surface area (Å²) in [5.41, 5.74) is 6.02. The fourth-order valence-corrected chi connectivity index (χ4v) is 1.64. The molecule has 0 aromatic carbocycles. The minimum atomic E-state index is -0.0673. The Labute approximate surface area is 93.4 Å². The van der Waals surface area contributed by atoms with Gasteiger partial charge in [-0.1, -0.05) is 0 Å². The molecule has 1 aromatic rings. The summed E-state index contributed by atoms with van der Waals surface area (Å²) in [6.45, 7) is 2.07. The van der Waals surface area contributed by atoms with E-state index in [1.807, 2.05) is 0 Å². The number of carbonyl (C=O) groups excluding carboxylic acids is 1. The van der Waals surface area contributed by atoms with Gasteiger partial charge in [0.25, 0.3) is 5.91 Å². The maximum absolute atomic E-state index is 12.0. The third kappa shape index (κ3) is 2.34. The SMILES string of the molecule is NCC1CN(C(=O)c2cncnc2)CCO1. The number of nitrogens with two attached hydrogens (primary N) is 1. The second-order valence-corrected chi connectivity index (χ2v) is 3.61. The number of carbonyl (C=O) groups is 1. The quantitative estimate of drug-likeness (QED) is 0.714. The monoisotopic (exact) mass is 222 g/mol. The molecule has 0 aliphatic carbocycles. The maximum Gasteiger partial charge on any atom is 0.257 e. The molecule has 86 valence electrons. The van der Waals surface area contributed by atoms with Crippen molar-refractivity contribution in [2.24, 2.45) is 5.73 Å². The van der Waals surface area contributed by atoms with Gasteiger partial charge in [0, 0.05) is 32.0 Å².